The minimum atomic E-state index is -5.07. The van der Waals surface area contributed by atoms with Crippen LogP contribution >= 0.6 is 15.4 Å². The summed E-state index contributed by atoms with van der Waals surface area (Å²) in [6.45, 7) is 10.7. The summed E-state index contributed by atoms with van der Waals surface area (Å²) < 4.78 is 28.6. The summed E-state index contributed by atoms with van der Waals surface area (Å²) in [4.78, 5) is 38.5. The molecule has 0 unspecified atom stereocenters. The molecule has 0 fully saturated rings. The van der Waals surface area contributed by atoms with E-state index in [0.717, 1.165) is 16.7 Å². The van der Waals surface area contributed by atoms with E-state index in [4.69, 9.17) is 4.52 Å². The highest BCUT2D eigenvalue weighted by Gasteiger charge is 2.34. The van der Waals surface area contributed by atoms with Crippen LogP contribution in [-0.4, -0.2) is 19.6 Å². The first-order valence-electron chi connectivity index (χ1n) is 8.19. The van der Waals surface area contributed by atoms with Crippen molar-refractivity contribution in [3.63, 3.8) is 0 Å². The van der Waals surface area contributed by atoms with E-state index < -0.39 is 26.5 Å². The fourth-order valence-electron chi connectivity index (χ4n) is 3.22. The van der Waals surface area contributed by atoms with E-state index in [1.54, 1.807) is 19.9 Å². The third-order valence-electron chi connectivity index (χ3n) is 5.13. The van der Waals surface area contributed by atoms with Crippen molar-refractivity contribution in [3.8, 4) is 16.9 Å². The van der Waals surface area contributed by atoms with Gasteiger partial charge in [0.15, 0.2) is 5.75 Å². The topological polar surface area (TPSA) is 124 Å². The molecular weight excluding hydrogens is 390 g/mol. The van der Waals surface area contributed by atoms with Crippen LogP contribution in [0, 0.1) is 41.5 Å². The average molecular weight is 414 g/mol. The summed E-state index contributed by atoms with van der Waals surface area (Å²) in [6, 6.07) is 3.62. The molecule has 0 aromatic heterocycles. The van der Waals surface area contributed by atoms with E-state index in [-0.39, 0.29) is 11.1 Å². The Balaban J connectivity index is 3.09. The van der Waals surface area contributed by atoms with Crippen LogP contribution in [0.3, 0.4) is 0 Å². The zero-order valence-electron chi connectivity index (χ0n) is 16.1. The number of aryl methyl sites for hydroxylation is 1. The predicted molar refractivity (Wildman–Crippen MR) is 105 cm³/mol. The Hall–Kier alpha value is -1.46. The first-order valence-corrected chi connectivity index (χ1v) is 11.3. The fraction of sp³-hybridized carbons (Fsp3) is 0.333. The Morgan fingerprint density at radius 1 is 0.741 bits per heavy atom. The number of hydrogen-bond donors (Lipinski definition) is 4. The second kappa shape index (κ2) is 7.17. The van der Waals surface area contributed by atoms with E-state index in [1.807, 2.05) is 26.8 Å². The smallest absolute Gasteiger partial charge is 0.403 e. The van der Waals surface area contributed by atoms with Crippen molar-refractivity contribution in [1.82, 2.24) is 0 Å². The first kappa shape index (κ1) is 21.8. The second-order valence-electron chi connectivity index (χ2n) is 6.73. The normalized spacial score (nSPS) is 12.4. The van der Waals surface area contributed by atoms with Gasteiger partial charge in [0.25, 0.3) is 0 Å². The van der Waals surface area contributed by atoms with E-state index in [1.165, 1.54) is 6.92 Å². The van der Waals surface area contributed by atoms with E-state index in [0.29, 0.717) is 16.7 Å². The highest BCUT2D eigenvalue weighted by molar-refractivity contribution is 7.60. The van der Waals surface area contributed by atoms with Gasteiger partial charge in [0.1, 0.15) is 5.30 Å². The predicted octanol–water partition coefficient (Wildman–Crippen LogP) is 3.48. The number of phosphoric ester groups is 1. The molecule has 2 rings (SSSR count). The molecule has 7 nitrogen and oxygen atoms in total. The lowest BCUT2D eigenvalue weighted by Gasteiger charge is -2.24. The van der Waals surface area contributed by atoms with Gasteiger partial charge >= 0.3 is 15.4 Å². The van der Waals surface area contributed by atoms with Crippen molar-refractivity contribution in [2.24, 2.45) is 0 Å². The summed E-state index contributed by atoms with van der Waals surface area (Å²) in [5, 5.41) is -0.499. The van der Waals surface area contributed by atoms with Crippen molar-refractivity contribution >= 4 is 20.7 Å². The Morgan fingerprint density at radius 3 is 1.78 bits per heavy atom. The molecule has 0 aliphatic rings. The lowest BCUT2D eigenvalue weighted by molar-refractivity contribution is 0.284. The molecule has 0 aliphatic heterocycles. The SMILES string of the molecule is Cc1ccc(-c2c(C)c(C)c(C)c(P(=O)(O)O)c2OP(=O)(O)O)c(C)c1C. The van der Waals surface area contributed by atoms with Crippen molar-refractivity contribution in [3.05, 3.63) is 45.5 Å². The summed E-state index contributed by atoms with van der Waals surface area (Å²) in [6.07, 6.45) is 0. The molecule has 0 saturated carbocycles. The summed E-state index contributed by atoms with van der Waals surface area (Å²) in [5.41, 5.74) is 5.24. The van der Waals surface area contributed by atoms with Gasteiger partial charge in [-0.25, -0.2) is 4.57 Å². The van der Waals surface area contributed by atoms with Crippen molar-refractivity contribution < 1.29 is 33.2 Å². The van der Waals surface area contributed by atoms with Crippen LogP contribution in [-0.2, 0) is 9.13 Å². The lowest BCUT2D eigenvalue weighted by atomic mass is 9.88. The molecule has 0 atom stereocenters. The second-order valence-corrected chi connectivity index (χ2v) is 9.43. The maximum atomic E-state index is 12.2. The summed E-state index contributed by atoms with van der Waals surface area (Å²) >= 11 is 0. The van der Waals surface area contributed by atoms with Crippen LogP contribution in [0.4, 0.5) is 0 Å². The van der Waals surface area contributed by atoms with Gasteiger partial charge in [0.2, 0.25) is 0 Å². The average Bonchev–Trinajstić information content (AvgIpc) is 2.50. The third kappa shape index (κ3) is 4.19. The minimum absolute atomic E-state index is 0.245. The highest BCUT2D eigenvalue weighted by Crippen LogP contribution is 2.51. The molecule has 27 heavy (non-hydrogen) atoms. The monoisotopic (exact) mass is 414 g/mol. The number of rotatable bonds is 4. The van der Waals surface area contributed by atoms with Crippen LogP contribution in [0.25, 0.3) is 11.1 Å². The first-order chi connectivity index (χ1) is 12.2. The van der Waals surface area contributed by atoms with Crippen LogP contribution in [0.5, 0.6) is 5.75 Å². The van der Waals surface area contributed by atoms with E-state index in [9.17, 15) is 28.7 Å². The zero-order valence-corrected chi connectivity index (χ0v) is 17.9. The maximum absolute atomic E-state index is 12.2. The Bertz CT molecular complexity index is 1020. The van der Waals surface area contributed by atoms with Gasteiger partial charge in [-0.05, 0) is 80.5 Å². The van der Waals surface area contributed by atoms with Gasteiger partial charge < -0.3 is 14.3 Å². The van der Waals surface area contributed by atoms with Gasteiger partial charge in [-0.3, -0.25) is 14.4 Å². The fourth-order valence-corrected chi connectivity index (χ4v) is 4.73. The molecular formula is C18H24O7P2. The van der Waals surface area contributed by atoms with Crippen molar-refractivity contribution in [1.29, 1.82) is 0 Å². The molecule has 0 spiro atoms. The number of phosphoric acid groups is 1. The molecule has 148 valence electrons. The van der Waals surface area contributed by atoms with Crippen LogP contribution in [0.1, 0.15) is 33.4 Å². The largest absolute Gasteiger partial charge is 0.524 e. The lowest BCUT2D eigenvalue weighted by Crippen LogP contribution is -2.17. The van der Waals surface area contributed by atoms with Gasteiger partial charge in [0.05, 0.1) is 0 Å². The highest BCUT2D eigenvalue weighted by atomic mass is 31.2. The zero-order chi connectivity index (χ0) is 20.9. The Kier molecular flexibility index (Phi) is 5.80. The van der Waals surface area contributed by atoms with Crippen molar-refractivity contribution in [2.45, 2.75) is 41.5 Å². The molecule has 2 aromatic rings. The number of benzene rings is 2. The molecule has 0 amide bonds. The summed E-state index contributed by atoms with van der Waals surface area (Å²) in [7, 11) is -9.94. The van der Waals surface area contributed by atoms with Gasteiger partial charge in [-0.15, -0.1) is 0 Å². The Labute approximate surface area is 158 Å². The standard InChI is InChI=1S/C18H24O7P2/c1-9-7-8-15(12(4)10(9)2)16-13(5)11(3)14(6)18(26(19,20)21)17(16)25-27(22,23)24/h7-8H,1-6H3,(H2,19,20,21)(H2,22,23,24). The molecule has 4 N–H and O–H groups in total. The van der Waals surface area contributed by atoms with Gasteiger partial charge in [-0.2, -0.15) is 0 Å². The van der Waals surface area contributed by atoms with Gasteiger partial charge in [-0.1, -0.05) is 12.1 Å². The Morgan fingerprint density at radius 2 is 1.30 bits per heavy atom. The molecule has 9 heteroatoms. The van der Waals surface area contributed by atoms with Crippen LogP contribution in [0.2, 0.25) is 0 Å². The molecule has 0 bridgehead atoms. The quantitative estimate of drug-likeness (QED) is 0.565. The summed E-state index contributed by atoms with van der Waals surface area (Å²) in [5.74, 6) is -0.469. The van der Waals surface area contributed by atoms with E-state index >= 15 is 0 Å². The maximum Gasteiger partial charge on any atom is 0.524 e. The molecule has 0 saturated heterocycles. The van der Waals surface area contributed by atoms with Crippen LogP contribution < -0.4 is 9.83 Å². The van der Waals surface area contributed by atoms with Crippen LogP contribution in [0.15, 0.2) is 12.1 Å². The molecule has 0 heterocycles. The third-order valence-corrected chi connectivity index (χ3v) is 6.67. The van der Waals surface area contributed by atoms with Gasteiger partial charge in [0, 0.05) is 5.56 Å². The van der Waals surface area contributed by atoms with E-state index in [2.05, 4.69) is 0 Å². The number of hydrogen-bond acceptors (Lipinski definition) is 3. The minimum Gasteiger partial charge on any atom is -0.403 e. The molecule has 0 radical (unpaired) electrons. The van der Waals surface area contributed by atoms with Crippen molar-refractivity contribution in [2.75, 3.05) is 0 Å². The molecule has 0 aliphatic carbocycles. The molecule has 2 aromatic carbocycles.